The average Bonchev–Trinajstić information content (AvgIpc) is 3.29. The standard InChI is InChI=1S/C18H23N7/c1-2-4-15-14(3-1)16(22-21-15)13-23-9-11-24(12-10-23)18-17-5-6-20-25(17)8-7-19-18/h5-8H,1-4,9-13H2,(H,21,22). The zero-order valence-corrected chi connectivity index (χ0v) is 14.4. The lowest BCUT2D eigenvalue weighted by Crippen LogP contribution is -2.46. The summed E-state index contributed by atoms with van der Waals surface area (Å²) >= 11 is 0. The van der Waals surface area contributed by atoms with Crippen LogP contribution in [0.25, 0.3) is 5.52 Å². The Labute approximate surface area is 146 Å². The maximum absolute atomic E-state index is 4.60. The molecule has 1 aliphatic carbocycles. The molecule has 1 aliphatic heterocycles. The van der Waals surface area contributed by atoms with Crippen LogP contribution in [0.15, 0.2) is 24.7 Å². The first kappa shape index (κ1) is 14.9. The number of hydrogen-bond acceptors (Lipinski definition) is 5. The molecule has 130 valence electrons. The van der Waals surface area contributed by atoms with Gasteiger partial charge in [0.1, 0.15) is 5.52 Å². The molecule has 0 atom stereocenters. The summed E-state index contributed by atoms with van der Waals surface area (Å²) in [6.07, 6.45) is 10.5. The van der Waals surface area contributed by atoms with Crippen LogP contribution in [-0.4, -0.2) is 55.9 Å². The second-order valence-electron chi connectivity index (χ2n) is 7.01. The molecule has 1 N–H and O–H groups in total. The maximum atomic E-state index is 4.60. The Balaban J connectivity index is 1.27. The van der Waals surface area contributed by atoms with Crippen molar-refractivity contribution in [2.45, 2.75) is 32.2 Å². The van der Waals surface area contributed by atoms with Crippen LogP contribution in [0.3, 0.4) is 0 Å². The van der Waals surface area contributed by atoms with Crippen molar-refractivity contribution in [1.82, 2.24) is 29.7 Å². The van der Waals surface area contributed by atoms with Gasteiger partial charge in [0, 0.05) is 50.8 Å². The number of nitrogens with one attached hydrogen (secondary N) is 1. The lowest BCUT2D eigenvalue weighted by atomic mass is 9.96. The molecule has 25 heavy (non-hydrogen) atoms. The molecule has 3 aromatic heterocycles. The monoisotopic (exact) mass is 337 g/mol. The minimum Gasteiger partial charge on any atom is -0.352 e. The van der Waals surface area contributed by atoms with Gasteiger partial charge < -0.3 is 4.90 Å². The van der Waals surface area contributed by atoms with Crippen molar-refractivity contribution in [1.29, 1.82) is 0 Å². The lowest BCUT2D eigenvalue weighted by molar-refractivity contribution is 0.246. The number of anilines is 1. The largest absolute Gasteiger partial charge is 0.352 e. The molecule has 5 rings (SSSR count). The van der Waals surface area contributed by atoms with E-state index < -0.39 is 0 Å². The van der Waals surface area contributed by atoms with Crippen molar-refractivity contribution in [2.75, 3.05) is 31.1 Å². The third kappa shape index (κ3) is 2.68. The first-order valence-electron chi connectivity index (χ1n) is 9.19. The predicted molar refractivity (Wildman–Crippen MR) is 95.7 cm³/mol. The van der Waals surface area contributed by atoms with E-state index in [1.807, 2.05) is 29.2 Å². The van der Waals surface area contributed by atoms with Crippen LogP contribution in [-0.2, 0) is 19.4 Å². The quantitative estimate of drug-likeness (QED) is 0.787. The highest BCUT2D eigenvalue weighted by Gasteiger charge is 2.23. The van der Waals surface area contributed by atoms with Gasteiger partial charge in [0.05, 0.1) is 11.9 Å². The first-order valence-corrected chi connectivity index (χ1v) is 9.19. The maximum Gasteiger partial charge on any atom is 0.154 e. The van der Waals surface area contributed by atoms with Crippen LogP contribution in [0.2, 0.25) is 0 Å². The van der Waals surface area contributed by atoms with E-state index in [0.29, 0.717) is 0 Å². The lowest BCUT2D eigenvalue weighted by Gasteiger charge is -2.35. The van der Waals surface area contributed by atoms with E-state index in [-0.39, 0.29) is 0 Å². The highest BCUT2D eigenvalue weighted by atomic mass is 15.3. The third-order valence-corrected chi connectivity index (χ3v) is 5.49. The Morgan fingerprint density at radius 3 is 2.84 bits per heavy atom. The number of aromatic amines is 1. The number of piperazine rings is 1. The Morgan fingerprint density at radius 1 is 1.04 bits per heavy atom. The Morgan fingerprint density at radius 2 is 1.92 bits per heavy atom. The van der Waals surface area contributed by atoms with E-state index in [9.17, 15) is 0 Å². The van der Waals surface area contributed by atoms with Gasteiger partial charge >= 0.3 is 0 Å². The summed E-state index contributed by atoms with van der Waals surface area (Å²) < 4.78 is 1.89. The number of hydrogen-bond donors (Lipinski definition) is 1. The van der Waals surface area contributed by atoms with Crippen molar-refractivity contribution in [3.63, 3.8) is 0 Å². The summed E-state index contributed by atoms with van der Waals surface area (Å²) in [6.45, 7) is 5.02. The van der Waals surface area contributed by atoms with Crippen molar-refractivity contribution in [3.8, 4) is 0 Å². The normalized spacial score (nSPS) is 18.6. The molecule has 4 heterocycles. The van der Waals surface area contributed by atoms with E-state index in [0.717, 1.165) is 50.5 Å². The van der Waals surface area contributed by atoms with E-state index in [1.165, 1.54) is 36.2 Å². The molecular formula is C18H23N7. The summed E-state index contributed by atoms with van der Waals surface area (Å²) in [7, 11) is 0. The van der Waals surface area contributed by atoms with E-state index in [1.54, 1.807) is 0 Å². The summed E-state index contributed by atoms with van der Waals surface area (Å²) in [5.41, 5.74) is 5.20. The van der Waals surface area contributed by atoms with E-state index >= 15 is 0 Å². The zero-order chi connectivity index (χ0) is 16.6. The molecule has 0 bridgehead atoms. The topological polar surface area (TPSA) is 65.3 Å². The molecule has 0 amide bonds. The fourth-order valence-corrected chi connectivity index (χ4v) is 4.10. The highest BCUT2D eigenvalue weighted by molar-refractivity contribution is 5.68. The second-order valence-corrected chi connectivity index (χ2v) is 7.01. The zero-order valence-electron chi connectivity index (χ0n) is 14.4. The molecule has 0 saturated carbocycles. The Hall–Kier alpha value is -2.41. The first-order chi connectivity index (χ1) is 12.4. The number of aromatic nitrogens is 5. The van der Waals surface area contributed by atoms with Gasteiger partial charge in [-0.2, -0.15) is 10.2 Å². The predicted octanol–water partition coefficient (Wildman–Crippen LogP) is 1.65. The fourth-order valence-electron chi connectivity index (χ4n) is 4.10. The summed E-state index contributed by atoms with van der Waals surface area (Å²) in [5, 5.41) is 12.2. The van der Waals surface area contributed by atoms with Crippen LogP contribution in [0.1, 0.15) is 29.8 Å². The Kier molecular flexibility index (Phi) is 3.66. The van der Waals surface area contributed by atoms with Crippen LogP contribution >= 0.6 is 0 Å². The molecule has 1 saturated heterocycles. The van der Waals surface area contributed by atoms with Gasteiger partial charge in [0.15, 0.2) is 5.82 Å². The van der Waals surface area contributed by atoms with Crippen molar-refractivity contribution < 1.29 is 0 Å². The van der Waals surface area contributed by atoms with Crippen molar-refractivity contribution in [2.24, 2.45) is 0 Å². The van der Waals surface area contributed by atoms with Crippen LogP contribution in [0.4, 0.5) is 5.82 Å². The fraction of sp³-hybridized carbons (Fsp3) is 0.500. The molecule has 7 heteroatoms. The van der Waals surface area contributed by atoms with E-state index in [4.69, 9.17) is 0 Å². The summed E-state index contributed by atoms with van der Waals surface area (Å²) in [6, 6.07) is 2.03. The van der Waals surface area contributed by atoms with Crippen molar-refractivity contribution in [3.05, 3.63) is 41.6 Å². The van der Waals surface area contributed by atoms with Gasteiger partial charge in [0.25, 0.3) is 0 Å². The molecule has 0 unspecified atom stereocenters. The van der Waals surface area contributed by atoms with Gasteiger partial charge in [-0.25, -0.2) is 9.50 Å². The highest BCUT2D eigenvalue weighted by Crippen LogP contribution is 2.24. The number of nitrogens with zero attached hydrogens (tertiary/aromatic N) is 6. The second kappa shape index (κ2) is 6.15. The smallest absolute Gasteiger partial charge is 0.154 e. The number of H-pyrrole nitrogens is 1. The van der Waals surface area contributed by atoms with Gasteiger partial charge in [-0.3, -0.25) is 10.00 Å². The van der Waals surface area contributed by atoms with Crippen LogP contribution < -0.4 is 4.90 Å². The average molecular weight is 337 g/mol. The molecule has 3 aromatic rings. The molecule has 0 aromatic carbocycles. The molecule has 0 radical (unpaired) electrons. The van der Waals surface area contributed by atoms with Crippen molar-refractivity contribution >= 4 is 11.3 Å². The van der Waals surface area contributed by atoms with Gasteiger partial charge in [-0.15, -0.1) is 0 Å². The SMILES string of the molecule is c1cn2nccc2c(N2CCN(Cc3n[nH]c4c3CCCC4)CC2)n1. The third-order valence-electron chi connectivity index (χ3n) is 5.49. The Bertz CT molecular complexity index is 873. The van der Waals surface area contributed by atoms with E-state index in [2.05, 4.69) is 30.1 Å². The van der Waals surface area contributed by atoms with Crippen LogP contribution in [0.5, 0.6) is 0 Å². The minimum absolute atomic E-state index is 0.962. The summed E-state index contributed by atoms with van der Waals surface area (Å²) in [4.78, 5) is 9.47. The molecule has 7 nitrogen and oxygen atoms in total. The van der Waals surface area contributed by atoms with Gasteiger partial charge in [-0.05, 0) is 37.3 Å². The molecule has 0 spiro atoms. The summed E-state index contributed by atoms with van der Waals surface area (Å²) in [5.74, 6) is 1.04. The van der Waals surface area contributed by atoms with Gasteiger partial charge in [-0.1, -0.05) is 0 Å². The molecule has 1 fully saturated rings. The number of rotatable bonds is 3. The molecular weight excluding hydrogens is 314 g/mol. The molecule has 2 aliphatic rings. The number of aryl methyl sites for hydroxylation is 1. The minimum atomic E-state index is 0.962. The number of fused-ring (bicyclic) bond motifs is 2. The van der Waals surface area contributed by atoms with Gasteiger partial charge in [0.2, 0.25) is 0 Å². The van der Waals surface area contributed by atoms with Crippen LogP contribution in [0, 0.1) is 0 Å².